The van der Waals surface area contributed by atoms with Gasteiger partial charge in [-0.1, -0.05) is 0 Å². The lowest BCUT2D eigenvalue weighted by atomic mass is 9.92. The van der Waals surface area contributed by atoms with Gasteiger partial charge in [-0.3, -0.25) is 0 Å². The first-order chi connectivity index (χ1) is 13.8. The zero-order chi connectivity index (χ0) is 22.1. The van der Waals surface area contributed by atoms with Crippen molar-refractivity contribution in [3.63, 3.8) is 0 Å². The molecule has 160 valence electrons. The van der Waals surface area contributed by atoms with E-state index in [1.807, 2.05) is 0 Å². The molecule has 0 N–H and O–H groups in total. The first-order valence-corrected chi connectivity index (χ1v) is 9.79. The van der Waals surface area contributed by atoms with Crippen molar-refractivity contribution >= 4 is 74.4 Å². The zero-order valence-corrected chi connectivity index (χ0v) is 18.6. The second-order valence-corrected chi connectivity index (χ2v) is 6.39. The topological polar surface area (TPSA) is 105 Å². The molecule has 0 spiro atoms. The van der Waals surface area contributed by atoms with Gasteiger partial charge in [0.2, 0.25) is 0 Å². The molecule has 0 unspecified atom stereocenters. The van der Waals surface area contributed by atoms with E-state index in [2.05, 4.69) is 50.5 Å². The molecule has 0 aromatic carbocycles. The SMILES string of the molecule is O=C(C=CS)OCC(COC(=O)C=CS)(COC(=O)C=CS)COC(=O)C=CS. The molecule has 29 heavy (non-hydrogen) atoms. The zero-order valence-electron chi connectivity index (χ0n) is 15.0. The van der Waals surface area contributed by atoms with Gasteiger partial charge in [0.25, 0.3) is 0 Å². The minimum Gasteiger partial charge on any atom is -0.462 e. The first kappa shape index (κ1) is 27.2. The van der Waals surface area contributed by atoms with Crippen LogP contribution in [-0.4, -0.2) is 50.3 Å². The third-order valence-corrected chi connectivity index (χ3v) is 3.52. The number of hydrogen-bond donors (Lipinski definition) is 4. The molecule has 0 fully saturated rings. The normalized spacial score (nSPS) is 13.7. The third-order valence-electron chi connectivity index (χ3n) is 2.92. The van der Waals surface area contributed by atoms with E-state index in [4.69, 9.17) is 18.9 Å². The van der Waals surface area contributed by atoms with Crippen molar-refractivity contribution < 1.29 is 38.1 Å². The van der Waals surface area contributed by atoms with Crippen LogP contribution in [0.1, 0.15) is 0 Å². The van der Waals surface area contributed by atoms with Gasteiger partial charge in [0.05, 0.1) is 0 Å². The van der Waals surface area contributed by atoms with Crippen LogP contribution in [0.5, 0.6) is 0 Å². The fraction of sp³-hybridized carbons (Fsp3) is 0.294. The summed E-state index contributed by atoms with van der Waals surface area (Å²) in [5.41, 5.74) is -1.39. The van der Waals surface area contributed by atoms with Gasteiger partial charge in [0, 0.05) is 24.3 Å². The Morgan fingerprint density at radius 3 is 0.897 bits per heavy atom. The van der Waals surface area contributed by atoms with Gasteiger partial charge in [0.1, 0.15) is 31.8 Å². The van der Waals surface area contributed by atoms with Gasteiger partial charge < -0.3 is 18.9 Å². The van der Waals surface area contributed by atoms with Gasteiger partial charge in [-0.2, -0.15) is 50.5 Å². The summed E-state index contributed by atoms with van der Waals surface area (Å²) in [6, 6.07) is 0. The molecular formula is C17H20O8S4. The molecule has 0 aliphatic heterocycles. The first-order valence-electron chi connectivity index (χ1n) is 7.72. The number of carbonyl (C=O) groups excluding carboxylic acids is 4. The van der Waals surface area contributed by atoms with Crippen LogP contribution in [0.2, 0.25) is 0 Å². The van der Waals surface area contributed by atoms with Crippen molar-refractivity contribution in [1.29, 1.82) is 0 Å². The van der Waals surface area contributed by atoms with Gasteiger partial charge in [-0.05, 0) is 21.6 Å². The van der Waals surface area contributed by atoms with Crippen LogP contribution in [0, 0.1) is 5.41 Å². The fourth-order valence-corrected chi connectivity index (χ4v) is 2.07. The quantitative estimate of drug-likeness (QED) is 0.145. The Hall–Kier alpha value is -1.76. The van der Waals surface area contributed by atoms with Crippen LogP contribution < -0.4 is 0 Å². The van der Waals surface area contributed by atoms with E-state index in [9.17, 15) is 19.2 Å². The van der Waals surface area contributed by atoms with Crippen molar-refractivity contribution in [2.45, 2.75) is 0 Å². The largest absolute Gasteiger partial charge is 0.462 e. The Labute approximate surface area is 190 Å². The third kappa shape index (κ3) is 13.2. The Balaban J connectivity index is 5.57. The lowest BCUT2D eigenvalue weighted by molar-refractivity contribution is -0.164. The maximum absolute atomic E-state index is 11.7. The lowest BCUT2D eigenvalue weighted by Gasteiger charge is -2.31. The molecule has 0 aromatic heterocycles. The molecule has 0 aliphatic rings. The molecule has 0 saturated carbocycles. The summed E-state index contributed by atoms with van der Waals surface area (Å²) in [7, 11) is 0. The average molecular weight is 481 g/mol. The molecule has 12 heteroatoms. The molecule has 0 bridgehead atoms. The molecule has 0 heterocycles. The second-order valence-electron chi connectivity index (χ2n) is 5.19. The van der Waals surface area contributed by atoms with Crippen LogP contribution in [-0.2, 0) is 38.1 Å². The predicted octanol–water partition coefficient (Wildman–Crippen LogP) is 1.92. The highest BCUT2D eigenvalue weighted by Crippen LogP contribution is 2.22. The van der Waals surface area contributed by atoms with Crippen LogP contribution in [0.15, 0.2) is 45.9 Å². The summed E-state index contributed by atoms with van der Waals surface area (Å²) < 4.78 is 20.3. The van der Waals surface area contributed by atoms with Gasteiger partial charge in [0.15, 0.2) is 0 Å². The van der Waals surface area contributed by atoms with Crippen LogP contribution >= 0.6 is 50.5 Å². The average Bonchev–Trinajstić information content (AvgIpc) is 2.68. The maximum Gasteiger partial charge on any atom is 0.331 e. The van der Waals surface area contributed by atoms with E-state index in [1.54, 1.807) is 0 Å². The summed E-state index contributed by atoms with van der Waals surface area (Å²) in [6.45, 7) is -1.62. The lowest BCUT2D eigenvalue weighted by Crippen LogP contribution is -2.43. The summed E-state index contributed by atoms with van der Waals surface area (Å²) in [6.07, 6.45) is 4.15. The van der Waals surface area contributed by atoms with E-state index in [0.717, 1.165) is 45.9 Å². The summed E-state index contributed by atoms with van der Waals surface area (Å²) in [5, 5.41) is 4.65. The standard InChI is InChI=1S/C17H20O8S4/c18-13(1-5-26)22-9-17(10-23-14(19)2-6-27,11-24-15(20)3-7-28)12-25-16(21)4-8-29/h1-8,26-29H,9-12H2. The van der Waals surface area contributed by atoms with Crippen molar-refractivity contribution in [2.75, 3.05) is 26.4 Å². The number of rotatable bonds is 12. The number of ether oxygens (including phenoxy) is 4. The Kier molecular flexibility index (Phi) is 15.1. The van der Waals surface area contributed by atoms with Crippen molar-refractivity contribution in [2.24, 2.45) is 5.41 Å². The molecule has 0 amide bonds. The smallest absolute Gasteiger partial charge is 0.331 e. The molecule has 0 radical (unpaired) electrons. The summed E-state index contributed by atoms with van der Waals surface area (Å²) in [5.74, 6) is -3.02. The molecule has 0 aromatic rings. The fourth-order valence-electron chi connectivity index (χ4n) is 1.58. The number of carbonyl (C=O) groups is 4. The van der Waals surface area contributed by atoms with E-state index < -0.39 is 55.7 Å². The minimum absolute atomic E-state index is 0.405. The Morgan fingerprint density at radius 1 is 0.517 bits per heavy atom. The predicted molar refractivity (Wildman–Crippen MR) is 119 cm³/mol. The van der Waals surface area contributed by atoms with Crippen molar-refractivity contribution in [3.8, 4) is 0 Å². The molecule has 8 nitrogen and oxygen atoms in total. The highest BCUT2D eigenvalue weighted by Gasteiger charge is 2.37. The molecule has 0 saturated heterocycles. The highest BCUT2D eigenvalue weighted by atomic mass is 32.1. The Bertz CT molecular complexity index is 567. The summed E-state index contributed by atoms with van der Waals surface area (Å²) in [4.78, 5) is 46.7. The van der Waals surface area contributed by atoms with E-state index in [-0.39, 0.29) is 0 Å². The highest BCUT2D eigenvalue weighted by molar-refractivity contribution is 7.83. The van der Waals surface area contributed by atoms with Crippen LogP contribution in [0.4, 0.5) is 0 Å². The van der Waals surface area contributed by atoms with Gasteiger partial charge >= 0.3 is 23.9 Å². The summed E-state index contributed by atoms with van der Waals surface area (Å²) >= 11 is 15.1. The minimum atomic E-state index is -1.39. The van der Waals surface area contributed by atoms with Crippen molar-refractivity contribution in [1.82, 2.24) is 0 Å². The number of hydrogen-bond acceptors (Lipinski definition) is 12. The van der Waals surface area contributed by atoms with Crippen molar-refractivity contribution in [3.05, 3.63) is 45.9 Å². The maximum atomic E-state index is 11.7. The van der Waals surface area contributed by atoms with E-state index in [1.165, 1.54) is 0 Å². The number of esters is 4. The molecular weight excluding hydrogens is 460 g/mol. The monoisotopic (exact) mass is 480 g/mol. The van der Waals surface area contributed by atoms with Gasteiger partial charge in [-0.25, -0.2) is 19.2 Å². The van der Waals surface area contributed by atoms with Crippen LogP contribution in [0.25, 0.3) is 0 Å². The van der Waals surface area contributed by atoms with E-state index >= 15 is 0 Å². The van der Waals surface area contributed by atoms with E-state index in [0.29, 0.717) is 0 Å². The molecule has 0 rings (SSSR count). The molecule has 0 atom stereocenters. The van der Waals surface area contributed by atoms with Crippen LogP contribution in [0.3, 0.4) is 0 Å². The van der Waals surface area contributed by atoms with Gasteiger partial charge in [-0.15, -0.1) is 0 Å². The Morgan fingerprint density at radius 2 is 0.724 bits per heavy atom. The molecule has 0 aliphatic carbocycles. The number of thiol groups is 4. The second kappa shape index (κ2) is 16.1.